The van der Waals surface area contributed by atoms with Gasteiger partial charge in [-0.05, 0) is 31.1 Å². The monoisotopic (exact) mass is 507 g/mol. The van der Waals surface area contributed by atoms with E-state index in [0.29, 0.717) is 30.0 Å². The standard InChI is InChI=1S/C23H31F2N7O4/c1-3-16-21(32-6-4-5-14(12-32)7-19(33)34)26-11-17(28-16)20-18(31(2)30-29-20)13-36-22(35)27-10-15-8-23(24,25)9-15/h11,14-15H,3-10,12-13H2,1-2H3,(H,27,35)(H,33,34)/t14-/m1/s1. The van der Waals surface area contributed by atoms with Crippen LogP contribution in [0.25, 0.3) is 11.4 Å². The fourth-order valence-corrected chi connectivity index (χ4v) is 4.79. The van der Waals surface area contributed by atoms with E-state index in [1.165, 1.54) is 4.68 Å². The van der Waals surface area contributed by atoms with Gasteiger partial charge in [-0.1, -0.05) is 12.1 Å². The van der Waals surface area contributed by atoms with Crippen molar-refractivity contribution in [3.8, 4) is 11.4 Å². The topological polar surface area (TPSA) is 135 Å². The van der Waals surface area contributed by atoms with E-state index in [1.807, 2.05) is 6.92 Å². The maximum absolute atomic E-state index is 12.9. The molecular weight excluding hydrogens is 476 g/mol. The summed E-state index contributed by atoms with van der Waals surface area (Å²) in [4.78, 5) is 34.7. The summed E-state index contributed by atoms with van der Waals surface area (Å²) in [6, 6.07) is 0. The number of hydrogen-bond donors (Lipinski definition) is 2. The van der Waals surface area contributed by atoms with Gasteiger partial charge in [0.05, 0.1) is 11.9 Å². The summed E-state index contributed by atoms with van der Waals surface area (Å²) in [5, 5.41) is 19.9. The summed E-state index contributed by atoms with van der Waals surface area (Å²) in [6.07, 6.45) is 2.96. The minimum Gasteiger partial charge on any atom is -0.481 e. The van der Waals surface area contributed by atoms with Crippen LogP contribution >= 0.6 is 0 Å². The lowest BCUT2D eigenvalue weighted by molar-refractivity contribution is -0.138. The molecule has 36 heavy (non-hydrogen) atoms. The van der Waals surface area contributed by atoms with Gasteiger partial charge >= 0.3 is 12.1 Å². The Morgan fingerprint density at radius 3 is 2.78 bits per heavy atom. The number of amides is 1. The van der Waals surface area contributed by atoms with E-state index < -0.39 is 18.0 Å². The maximum atomic E-state index is 12.9. The number of rotatable bonds is 9. The Morgan fingerprint density at radius 2 is 2.08 bits per heavy atom. The summed E-state index contributed by atoms with van der Waals surface area (Å²) in [7, 11) is 1.67. The average molecular weight is 508 g/mol. The number of nitrogens with one attached hydrogen (secondary N) is 1. The molecule has 0 bridgehead atoms. The molecular formula is C23H31F2N7O4. The number of carbonyl (C=O) groups is 2. The van der Waals surface area contributed by atoms with Crippen molar-refractivity contribution in [1.29, 1.82) is 0 Å². The highest BCUT2D eigenvalue weighted by Gasteiger charge is 2.45. The molecule has 11 nitrogen and oxygen atoms in total. The molecule has 0 aromatic carbocycles. The first-order valence-electron chi connectivity index (χ1n) is 12.1. The van der Waals surface area contributed by atoms with Crippen molar-refractivity contribution in [2.75, 3.05) is 24.5 Å². The Balaban J connectivity index is 1.42. The molecule has 2 aromatic rings. The third kappa shape index (κ3) is 6.05. The van der Waals surface area contributed by atoms with E-state index in [-0.39, 0.29) is 44.2 Å². The predicted octanol–water partition coefficient (Wildman–Crippen LogP) is 2.80. The third-order valence-corrected chi connectivity index (χ3v) is 6.67. The molecule has 196 valence electrons. The smallest absolute Gasteiger partial charge is 0.407 e. The number of aryl methyl sites for hydroxylation is 2. The van der Waals surface area contributed by atoms with Gasteiger partial charge in [0.25, 0.3) is 0 Å². The van der Waals surface area contributed by atoms with E-state index in [0.717, 1.165) is 30.9 Å². The van der Waals surface area contributed by atoms with Gasteiger partial charge in [-0.25, -0.2) is 28.2 Å². The molecule has 1 saturated heterocycles. The van der Waals surface area contributed by atoms with Crippen molar-refractivity contribution in [3.05, 3.63) is 17.6 Å². The number of carbonyl (C=O) groups excluding carboxylic acids is 1. The quantitative estimate of drug-likeness (QED) is 0.525. The number of ether oxygens (including phenoxy) is 1. The van der Waals surface area contributed by atoms with Crippen molar-refractivity contribution in [3.63, 3.8) is 0 Å². The van der Waals surface area contributed by atoms with Crippen LogP contribution in [-0.2, 0) is 29.6 Å². The number of carboxylic acids is 1. The van der Waals surface area contributed by atoms with Crippen LogP contribution in [0.5, 0.6) is 0 Å². The molecule has 4 rings (SSSR count). The van der Waals surface area contributed by atoms with Crippen molar-refractivity contribution < 1.29 is 28.2 Å². The number of piperidine rings is 1. The molecule has 2 aromatic heterocycles. The normalized spacial score (nSPS) is 19.6. The molecule has 2 aliphatic rings. The van der Waals surface area contributed by atoms with Gasteiger partial charge in [0.2, 0.25) is 5.92 Å². The third-order valence-electron chi connectivity index (χ3n) is 6.67. The minimum atomic E-state index is -2.63. The van der Waals surface area contributed by atoms with Gasteiger partial charge in [0.15, 0.2) is 0 Å². The molecule has 2 N–H and O–H groups in total. The number of anilines is 1. The first kappa shape index (κ1) is 25.7. The zero-order chi connectivity index (χ0) is 25.9. The maximum Gasteiger partial charge on any atom is 0.407 e. The number of nitrogens with zero attached hydrogens (tertiary/aromatic N) is 6. The minimum absolute atomic E-state index is 0.0677. The summed E-state index contributed by atoms with van der Waals surface area (Å²) >= 11 is 0. The van der Waals surface area contributed by atoms with Crippen LogP contribution in [0.1, 0.15) is 50.4 Å². The number of aliphatic carboxylic acids is 1. The van der Waals surface area contributed by atoms with Crippen LogP contribution < -0.4 is 10.2 Å². The van der Waals surface area contributed by atoms with Gasteiger partial charge < -0.3 is 20.1 Å². The molecule has 1 saturated carbocycles. The lowest BCUT2D eigenvalue weighted by atomic mass is 9.81. The van der Waals surface area contributed by atoms with Crippen LogP contribution in [0.4, 0.5) is 19.4 Å². The molecule has 1 aliphatic heterocycles. The second-order valence-electron chi connectivity index (χ2n) is 9.53. The fraction of sp³-hybridized carbons (Fsp3) is 0.652. The Morgan fingerprint density at radius 1 is 1.31 bits per heavy atom. The number of aromatic nitrogens is 5. The zero-order valence-corrected chi connectivity index (χ0v) is 20.4. The van der Waals surface area contributed by atoms with Crippen LogP contribution in [0.15, 0.2) is 6.20 Å². The van der Waals surface area contributed by atoms with Gasteiger partial charge in [-0.2, -0.15) is 0 Å². The number of hydrogen-bond acceptors (Lipinski definition) is 8. The van der Waals surface area contributed by atoms with Gasteiger partial charge in [-0.15, -0.1) is 5.10 Å². The number of carboxylic acid groups (broad SMARTS) is 1. The van der Waals surface area contributed by atoms with E-state index >= 15 is 0 Å². The molecule has 1 aliphatic carbocycles. The summed E-state index contributed by atoms with van der Waals surface area (Å²) < 4.78 is 32.7. The lowest BCUT2D eigenvalue weighted by Gasteiger charge is -2.34. The number of alkyl carbamates (subject to hydrolysis) is 1. The first-order chi connectivity index (χ1) is 17.1. The first-order valence-corrected chi connectivity index (χ1v) is 12.1. The van der Waals surface area contributed by atoms with Crippen LogP contribution in [0.2, 0.25) is 0 Å². The average Bonchev–Trinajstić information content (AvgIpc) is 3.19. The molecule has 0 radical (unpaired) electrons. The van der Waals surface area contributed by atoms with Crippen molar-refractivity contribution in [2.45, 2.75) is 58.0 Å². The van der Waals surface area contributed by atoms with Gasteiger partial charge in [-0.3, -0.25) is 4.79 Å². The van der Waals surface area contributed by atoms with E-state index in [1.54, 1.807) is 13.2 Å². The van der Waals surface area contributed by atoms with Crippen molar-refractivity contribution in [1.82, 2.24) is 30.3 Å². The molecule has 1 atom stereocenters. The Bertz CT molecular complexity index is 1100. The highest BCUT2D eigenvalue weighted by molar-refractivity contribution is 5.68. The van der Waals surface area contributed by atoms with Crippen LogP contribution in [-0.4, -0.2) is 67.7 Å². The van der Waals surface area contributed by atoms with Gasteiger partial charge in [0.1, 0.15) is 29.5 Å². The highest BCUT2D eigenvalue weighted by atomic mass is 19.3. The van der Waals surface area contributed by atoms with Gasteiger partial charge in [0, 0.05) is 45.9 Å². The molecule has 2 fully saturated rings. The number of alkyl halides is 2. The zero-order valence-electron chi connectivity index (χ0n) is 20.4. The predicted molar refractivity (Wildman–Crippen MR) is 124 cm³/mol. The second-order valence-corrected chi connectivity index (χ2v) is 9.53. The molecule has 3 heterocycles. The Labute approximate surface area is 207 Å². The summed E-state index contributed by atoms with van der Waals surface area (Å²) in [5.74, 6) is -2.87. The lowest BCUT2D eigenvalue weighted by Crippen LogP contribution is -2.42. The Kier molecular flexibility index (Phi) is 7.65. The van der Waals surface area contributed by atoms with Crippen molar-refractivity contribution >= 4 is 17.9 Å². The van der Waals surface area contributed by atoms with Crippen molar-refractivity contribution in [2.24, 2.45) is 18.9 Å². The van der Waals surface area contributed by atoms with E-state index in [2.05, 4.69) is 25.5 Å². The summed E-state index contributed by atoms with van der Waals surface area (Å²) in [6.45, 7) is 3.39. The van der Waals surface area contributed by atoms with Crippen LogP contribution in [0.3, 0.4) is 0 Å². The number of halogens is 2. The second kappa shape index (κ2) is 10.7. The highest BCUT2D eigenvalue weighted by Crippen LogP contribution is 2.41. The molecule has 0 unspecified atom stereocenters. The fourth-order valence-electron chi connectivity index (χ4n) is 4.79. The molecule has 13 heteroatoms. The van der Waals surface area contributed by atoms with E-state index in [9.17, 15) is 18.4 Å². The van der Waals surface area contributed by atoms with E-state index in [4.69, 9.17) is 14.8 Å². The van der Waals surface area contributed by atoms with Crippen LogP contribution in [0, 0.1) is 11.8 Å². The Hall–Kier alpha value is -3.38. The largest absolute Gasteiger partial charge is 0.481 e. The summed E-state index contributed by atoms with van der Waals surface area (Å²) in [5.41, 5.74) is 2.19. The SMILES string of the molecule is CCc1nc(-c2nnn(C)c2COC(=O)NCC2CC(F)(F)C2)cnc1N1CCC[C@H](CC(=O)O)C1. The molecule has 1 amide bonds. The molecule has 0 spiro atoms.